The van der Waals surface area contributed by atoms with Gasteiger partial charge in [0.15, 0.2) is 0 Å². The summed E-state index contributed by atoms with van der Waals surface area (Å²) in [5.41, 5.74) is 1.62. The standard InChI is InChI=1S/C3H8NO4P/c5-4-2-1-3-9(6,7)8/h1-2,4-5H,3H2,(H2,6,7,8). The Labute approximate surface area is 52.1 Å². The van der Waals surface area contributed by atoms with Crippen LogP contribution in [0.5, 0.6) is 0 Å². The molecule has 54 valence electrons. The molecular weight excluding hydrogens is 145 g/mol. The van der Waals surface area contributed by atoms with Crippen LogP contribution in [0.2, 0.25) is 0 Å². The molecule has 0 fully saturated rings. The molecule has 0 aromatic rings. The molecular formula is C3H8NO4P. The smallest absolute Gasteiger partial charge is 0.324 e. The number of hydroxylamine groups is 1. The summed E-state index contributed by atoms with van der Waals surface area (Å²) in [6.45, 7) is 0. The molecule has 0 aliphatic carbocycles. The van der Waals surface area contributed by atoms with Gasteiger partial charge in [-0.3, -0.25) is 15.3 Å². The van der Waals surface area contributed by atoms with Crippen LogP contribution in [0.15, 0.2) is 12.3 Å². The number of nitrogens with one attached hydrogen (secondary N) is 1. The van der Waals surface area contributed by atoms with Gasteiger partial charge >= 0.3 is 7.60 Å². The lowest BCUT2D eigenvalue weighted by Gasteiger charge is -1.95. The van der Waals surface area contributed by atoms with Crippen molar-refractivity contribution in [2.45, 2.75) is 0 Å². The van der Waals surface area contributed by atoms with Crippen LogP contribution in [0.25, 0.3) is 0 Å². The summed E-state index contributed by atoms with van der Waals surface area (Å²) in [7, 11) is -3.93. The van der Waals surface area contributed by atoms with Gasteiger partial charge in [-0.2, -0.15) is 0 Å². The summed E-state index contributed by atoms with van der Waals surface area (Å²) < 4.78 is 10.0. The molecule has 0 unspecified atom stereocenters. The average molecular weight is 153 g/mol. The van der Waals surface area contributed by atoms with Gasteiger partial charge < -0.3 is 9.79 Å². The number of hydrogen-bond donors (Lipinski definition) is 4. The second-order valence-electron chi connectivity index (χ2n) is 1.38. The molecule has 4 N–H and O–H groups in total. The molecule has 0 aromatic heterocycles. The predicted molar refractivity (Wildman–Crippen MR) is 31.0 cm³/mol. The Hall–Kier alpha value is -0.350. The minimum Gasteiger partial charge on any atom is -0.324 e. The monoisotopic (exact) mass is 153 g/mol. The van der Waals surface area contributed by atoms with E-state index in [-0.39, 0.29) is 6.16 Å². The van der Waals surface area contributed by atoms with Gasteiger partial charge in [-0.25, -0.2) is 0 Å². The van der Waals surface area contributed by atoms with Gasteiger partial charge in [0, 0.05) is 6.20 Å². The Bertz CT molecular complexity index is 139. The zero-order chi connectivity index (χ0) is 7.33. The quantitative estimate of drug-likeness (QED) is 0.329. The molecule has 0 bridgehead atoms. The highest BCUT2D eigenvalue weighted by atomic mass is 31.2. The molecule has 0 saturated heterocycles. The summed E-state index contributed by atoms with van der Waals surface area (Å²) in [4.78, 5) is 16.4. The molecule has 0 aliphatic rings. The first-order valence-corrected chi connectivity index (χ1v) is 3.95. The van der Waals surface area contributed by atoms with Crippen LogP contribution in [0.4, 0.5) is 0 Å². The van der Waals surface area contributed by atoms with Crippen molar-refractivity contribution in [1.82, 2.24) is 5.48 Å². The van der Waals surface area contributed by atoms with Crippen LogP contribution in [-0.4, -0.2) is 21.2 Å². The highest BCUT2D eigenvalue weighted by molar-refractivity contribution is 7.51. The van der Waals surface area contributed by atoms with E-state index in [1.165, 1.54) is 0 Å². The topological polar surface area (TPSA) is 89.8 Å². The highest BCUT2D eigenvalue weighted by Gasteiger charge is 2.07. The number of rotatable bonds is 3. The van der Waals surface area contributed by atoms with Gasteiger partial charge in [0.2, 0.25) is 0 Å². The number of hydrogen-bond acceptors (Lipinski definition) is 3. The van der Waals surface area contributed by atoms with E-state index in [1.54, 1.807) is 5.48 Å². The Kier molecular flexibility index (Phi) is 3.49. The lowest BCUT2D eigenvalue weighted by atomic mass is 10.7. The SMILES string of the molecule is O=P(O)(O)CC=CNO. The van der Waals surface area contributed by atoms with E-state index in [2.05, 4.69) is 0 Å². The van der Waals surface area contributed by atoms with E-state index in [0.717, 1.165) is 12.3 Å². The van der Waals surface area contributed by atoms with Crippen LogP contribution >= 0.6 is 7.60 Å². The van der Waals surface area contributed by atoms with E-state index < -0.39 is 7.60 Å². The van der Waals surface area contributed by atoms with Gasteiger partial charge in [0.25, 0.3) is 0 Å². The highest BCUT2D eigenvalue weighted by Crippen LogP contribution is 2.33. The van der Waals surface area contributed by atoms with Crippen molar-refractivity contribution in [2.75, 3.05) is 6.16 Å². The van der Waals surface area contributed by atoms with Crippen molar-refractivity contribution in [1.29, 1.82) is 0 Å². The molecule has 0 aliphatic heterocycles. The second kappa shape index (κ2) is 3.63. The lowest BCUT2D eigenvalue weighted by Crippen LogP contribution is -1.93. The third kappa shape index (κ3) is 7.65. The molecule has 9 heavy (non-hydrogen) atoms. The largest absolute Gasteiger partial charge is 0.329 e. The Morgan fingerprint density at radius 2 is 2.11 bits per heavy atom. The van der Waals surface area contributed by atoms with Crippen LogP contribution in [0.3, 0.4) is 0 Å². The summed E-state index contributed by atoms with van der Waals surface area (Å²) >= 11 is 0. The molecule has 0 spiro atoms. The van der Waals surface area contributed by atoms with Crippen molar-refractivity contribution in [3.05, 3.63) is 12.3 Å². The van der Waals surface area contributed by atoms with Gasteiger partial charge in [0.1, 0.15) is 0 Å². The van der Waals surface area contributed by atoms with Gasteiger partial charge in [-0.15, -0.1) is 0 Å². The normalized spacial score (nSPS) is 12.3. The minimum atomic E-state index is -3.93. The third-order valence-corrected chi connectivity index (χ3v) is 1.22. The van der Waals surface area contributed by atoms with Crippen molar-refractivity contribution < 1.29 is 19.6 Å². The van der Waals surface area contributed by atoms with Crippen LogP contribution in [0, 0.1) is 0 Å². The maximum absolute atomic E-state index is 10.0. The fraction of sp³-hybridized carbons (Fsp3) is 0.333. The van der Waals surface area contributed by atoms with Gasteiger partial charge in [-0.05, 0) is 0 Å². The van der Waals surface area contributed by atoms with E-state index >= 15 is 0 Å². The van der Waals surface area contributed by atoms with Crippen molar-refractivity contribution in [3.8, 4) is 0 Å². The minimum absolute atomic E-state index is 0.361. The first kappa shape index (κ1) is 8.65. The van der Waals surface area contributed by atoms with Crippen LogP contribution < -0.4 is 5.48 Å². The predicted octanol–water partition coefficient (Wildman–Crippen LogP) is -0.343. The molecule has 0 rings (SSSR count). The lowest BCUT2D eigenvalue weighted by molar-refractivity contribution is 0.214. The number of allylic oxidation sites excluding steroid dienone is 1. The zero-order valence-corrected chi connectivity index (χ0v) is 5.45. The Morgan fingerprint density at radius 1 is 1.56 bits per heavy atom. The third-order valence-electron chi connectivity index (χ3n) is 0.536. The summed E-state index contributed by atoms with van der Waals surface area (Å²) in [5, 5.41) is 7.87. The molecule has 0 radical (unpaired) electrons. The van der Waals surface area contributed by atoms with Gasteiger partial charge in [0.05, 0.1) is 6.16 Å². The van der Waals surface area contributed by atoms with Crippen molar-refractivity contribution >= 4 is 7.60 Å². The van der Waals surface area contributed by atoms with Gasteiger partial charge in [-0.1, -0.05) is 6.08 Å². The van der Waals surface area contributed by atoms with E-state index in [0.29, 0.717) is 0 Å². The molecule has 5 nitrogen and oxygen atoms in total. The maximum atomic E-state index is 10.0. The molecule has 0 heterocycles. The Morgan fingerprint density at radius 3 is 2.44 bits per heavy atom. The summed E-state index contributed by atoms with van der Waals surface area (Å²) in [5.74, 6) is 0. The van der Waals surface area contributed by atoms with Crippen molar-refractivity contribution in [2.24, 2.45) is 0 Å². The molecule has 0 amide bonds. The van der Waals surface area contributed by atoms with E-state index in [4.69, 9.17) is 15.0 Å². The first-order chi connectivity index (χ1) is 4.06. The average Bonchev–Trinajstić information content (AvgIpc) is 1.63. The molecule has 6 heteroatoms. The molecule has 0 aromatic carbocycles. The summed E-state index contributed by atoms with van der Waals surface area (Å²) in [6, 6.07) is 0. The van der Waals surface area contributed by atoms with E-state index in [9.17, 15) is 4.57 Å². The molecule has 0 saturated carbocycles. The first-order valence-electron chi connectivity index (χ1n) is 2.15. The fourth-order valence-corrected chi connectivity index (χ4v) is 0.623. The van der Waals surface area contributed by atoms with Crippen LogP contribution in [-0.2, 0) is 4.57 Å². The maximum Gasteiger partial charge on any atom is 0.329 e. The fourth-order valence-electron chi connectivity index (χ4n) is 0.243. The zero-order valence-electron chi connectivity index (χ0n) is 4.56. The Balaban J connectivity index is 3.51. The molecule has 0 atom stereocenters. The van der Waals surface area contributed by atoms with Crippen molar-refractivity contribution in [3.63, 3.8) is 0 Å². The second-order valence-corrected chi connectivity index (χ2v) is 3.07. The van der Waals surface area contributed by atoms with E-state index in [1.807, 2.05) is 0 Å². The summed E-state index contributed by atoms with van der Waals surface area (Å²) in [6.07, 6.45) is 1.82. The van der Waals surface area contributed by atoms with Crippen LogP contribution in [0.1, 0.15) is 0 Å².